The number of allylic oxidation sites excluding steroid dienone is 4. The van der Waals surface area contributed by atoms with Gasteiger partial charge in [0.05, 0.1) is 11.0 Å². The minimum Gasteiger partial charge on any atom is -0.313 e. The topological polar surface area (TPSA) is 8.17 Å². The Morgan fingerprint density at radius 1 is 0.464 bits per heavy atom. The largest absolute Gasteiger partial charge is 0.313 e. The van der Waals surface area contributed by atoms with Gasteiger partial charge in [-0.3, -0.25) is 0 Å². The van der Waals surface area contributed by atoms with Crippen molar-refractivity contribution in [2.45, 2.75) is 51.4 Å². The fourth-order valence-electron chi connectivity index (χ4n) is 10.2. The Labute approximate surface area is 329 Å². The molecule has 7 aromatic carbocycles. The third-order valence-electron chi connectivity index (χ3n) is 13.1. The van der Waals surface area contributed by atoms with Crippen LogP contribution in [0, 0.1) is 0 Å². The normalized spacial score (nSPS) is 15.7. The van der Waals surface area contributed by atoms with Crippen LogP contribution in [-0.4, -0.2) is 4.57 Å². The maximum atomic E-state index is 2.46. The van der Waals surface area contributed by atoms with E-state index >= 15 is 0 Å². The predicted octanol–water partition coefficient (Wildman–Crippen LogP) is 14.7. The molecule has 2 nitrogen and oxygen atoms in total. The predicted molar refractivity (Wildman–Crippen MR) is 237 cm³/mol. The molecule has 0 fully saturated rings. The molecule has 0 radical (unpaired) electrons. The monoisotopic (exact) mass is 720 g/mol. The first-order valence-corrected chi connectivity index (χ1v) is 20.1. The smallest absolute Gasteiger partial charge is 0.0538 e. The average molecular weight is 721 g/mol. The lowest BCUT2D eigenvalue weighted by molar-refractivity contribution is 0.660. The van der Waals surface area contributed by atoms with Crippen molar-refractivity contribution in [3.63, 3.8) is 0 Å². The Bertz CT molecular complexity index is 2860. The average Bonchev–Trinajstić information content (AvgIpc) is 3.78. The number of nitrogens with zero attached hydrogens (tertiary/aromatic N) is 2. The Kier molecular flexibility index (Phi) is 7.11. The van der Waals surface area contributed by atoms with Crippen molar-refractivity contribution >= 4 is 44.6 Å². The molecule has 1 aromatic heterocycles. The minimum atomic E-state index is -0.0922. The molecule has 270 valence electrons. The number of hydrogen-bond acceptors (Lipinski definition) is 1. The van der Waals surface area contributed by atoms with E-state index in [4.69, 9.17) is 0 Å². The molecule has 56 heavy (non-hydrogen) atoms. The van der Waals surface area contributed by atoms with Crippen LogP contribution in [-0.2, 0) is 10.8 Å². The number of fused-ring (bicyclic) bond motifs is 9. The molecular weight excluding hydrogens is 677 g/mol. The van der Waals surface area contributed by atoms with Crippen molar-refractivity contribution in [2.75, 3.05) is 4.90 Å². The quantitative estimate of drug-likeness (QED) is 0.172. The highest BCUT2D eigenvalue weighted by Crippen LogP contribution is 2.53. The molecule has 0 bridgehead atoms. The minimum absolute atomic E-state index is 0.0922. The van der Waals surface area contributed by atoms with Gasteiger partial charge in [-0.05, 0) is 129 Å². The highest BCUT2D eigenvalue weighted by atomic mass is 15.1. The summed E-state index contributed by atoms with van der Waals surface area (Å²) in [5.74, 6) is 0. The van der Waals surface area contributed by atoms with E-state index in [0.29, 0.717) is 0 Å². The summed E-state index contributed by atoms with van der Waals surface area (Å²) >= 11 is 0. The van der Waals surface area contributed by atoms with Crippen LogP contribution in [0.15, 0.2) is 170 Å². The van der Waals surface area contributed by atoms with Gasteiger partial charge in [0.1, 0.15) is 0 Å². The van der Waals surface area contributed by atoms with Gasteiger partial charge in [-0.25, -0.2) is 0 Å². The molecule has 11 rings (SSSR count). The third-order valence-corrected chi connectivity index (χ3v) is 13.1. The van der Waals surface area contributed by atoms with Crippen LogP contribution in [0.5, 0.6) is 0 Å². The second-order valence-electron chi connectivity index (χ2n) is 16.9. The zero-order valence-electron chi connectivity index (χ0n) is 32.5. The summed E-state index contributed by atoms with van der Waals surface area (Å²) < 4.78 is 2.46. The molecule has 3 aliphatic rings. The van der Waals surface area contributed by atoms with Crippen molar-refractivity contribution < 1.29 is 0 Å². The molecule has 0 atom stereocenters. The molecule has 0 saturated heterocycles. The van der Waals surface area contributed by atoms with E-state index in [1.54, 1.807) is 0 Å². The number of para-hydroxylation sites is 1. The zero-order valence-corrected chi connectivity index (χ0v) is 32.5. The molecule has 3 aliphatic carbocycles. The molecule has 0 amide bonds. The van der Waals surface area contributed by atoms with Gasteiger partial charge in [0, 0.05) is 44.4 Å². The van der Waals surface area contributed by atoms with Gasteiger partial charge in [0.15, 0.2) is 0 Å². The lowest BCUT2D eigenvalue weighted by atomic mass is 9.82. The Morgan fingerprint density at radius 2 is 1.00 bits per heavy atom. The first kappa shape index (κ1) is 33.0. The summed E-state index contributed by atoms with van der Waals surface area (Å²) in [5, 5.41) is 2.59. The third kappa shape index (κ3) is 4.75. The van der Waals surface area contributed by atoms with Crippen LogP contribution in [0.25, 0.3) is 60.9 Å². The Morgan fingerprint density at radius 3 is 1.62 bits per heavy atom. The number of aromatic nitrogens is 1. The van der Waals surface area contributed by atoms with Crippen molar-refractivity contribution in [3.8, 4) is 33.4 Å². The summed E-state index contributed by atoms with van der Waals surface area (Å²) in [6, 6.07) is 57.1. The van der Waals surface area contributed by atoms with E-state index in [0.717, 1.165) is 18.5 Å². The number of anilines is 3. The molecule has 0 spiro atoms. The molecular formula is C54H44N2. The van der Waals surface area contributed by atoms with Gasteiger partial charge >= 0.3 is 0 Å². The van der Waals surface area contributed by atoms with E-state index in [2.05, 4.69) is 207 Å². The summed E-state index contributed by atoms with van der Waals surface area (Å²) in [4.78, 5) is 2.46. The fraction of sp³-hybridized carbons (Fsp3) is 0.148. The molecule has 0 N–H and O–H groups in total. The molecule has 0 aliphatic heterocycles. The molecule has 0 unspecified atom stereocenters. The van der Waals surface area contributed by atoms with Gasteiger partial charge in [0.2, 0.25) is 0 Å². The number of rotatable bonds is 5. The van der Waals surface area contributed by atoms with Crippen molar-refractivity contribution in [1.29, 1.82) is 0 Å². The van der Waals surface area contributed by atoms with Gasteiger partial charge in [-0.1, -0.05) is 137 Å². The Balaban J connectivity index is 1.04. The van der Waals surface area contributed by atoms with Crippen LogP contribution in [0.2, 0.25) is 0 Å². The van der Waals surface area contributed by atoms with E-state index < -0.39 is 0 Å². The SMILES string of the molecule is CC1(C)c2ccccc2-c2ccc(N(c3ccc(-c4ccc5c(c4)c4ccccc4n5C4=CC=CCC4)cc3)c3ccc4c(c3)C(C)(C)c3ccccc3-4)cc21. The molecule has 8 aromatic rings. The zero-order chi connectivity index (χ0) is 37.8. The van der Waals surface area contributed by atoms with Crippen LogP contribution >= 0.6 is 0 Å². The van der Waals surface area contributed by atoms with Gasteiger partial charge in [-0.15, -0.1) is 0 Å². The molecule has 2 heteroatoms. The second kappa shape index (κ2) is 12.1. The summed E-state index contributed by atoms with van der Waals surface area (Å²) in [7, 11) is 0. The molecule has 1 heterocycles. The van der Waals surface area contributed by atoms with E-state index in [-0.39, 0.29) is 10.8 Å². The second-order valence-corrected chi connectivity index (χ2v) is 16.9. The van der Waals surface area contributed by atoms with E-state index in [1.807, 2.05) is 0 Å². The summed E-state index contributed by atoms with van der Waals surface area (Å²) in [6.07, 6.45) is 8.86. The number of benzene rings is 7. The van der Waals surface area contributed by atoms with E-state index in [9.17, 15) is 0 Å². The summed E-state index contributed by atoms with van der Waals surface area (Å²) in [6.45, 7) is 9.47. The summed E-state index contributed by atoms with van der Waals surface area (Å²) in [5.41, 5.74) is 20.5. The number of hydrogen-bond donors (Lipinski definition) is 0. The van der Waals surface area contributed by atoms with Crippen LogP contribution in [0.3, 0.4) is 0 Å². The van der Waals surface area contributed by atoms with Gasteiger partial charge < -0.3 is 9.47 Å². The van der Waals surface area contributed by atoms with Crippen LogP contribution in [0.4, 0.5) is 17.1 Å². The van der Waals surface area contributed by atoms with Crippen molar-refractivity contribution in [1.82, 2.24) is 4.57 Å². The van der Waals surface area contributed by atoms with Crippen LogP contribution < -0.4 is 4.90 Å². The molecule has 0 saturated carbocycles. The van der Waals surface area contributed by atoms with Gasteiger partial charge in [-0.2, -0.15) is 0 Å². The first-order chi connectivity index (χ1) is 27.3. The van der Waals surface area contributed by atoms with Gasteiger partial charge in [0.25, 0.3) is 0 Å². The van der Waals surface area contributed by atoms with Crippen LogP contribution in [0.1, 0.15) is 62.8 Å². The fourth-order valence-corrected chi connectivity index (χ4v) is 10.2. The lowest BCUT2D eigenvalue weighted by Gasteiger charge is -2.30. The van der Waals surface area contributed by atoms with Crippen molar-refractivity contribution in [2.24, 2.45) is 0 Å². The Hall–Kier alpha value is -6.38. The lowest BCUT2D eigenvalue weighted by Crippen LogP contribution is -2.18. The standard InChI is InChI=1S/C54H44N2/c1-53(2)47-19-11-8-16-41(47)43-29-27-39(33-49(43)53)55(40-28-30-44-42-17-9-12-20-48(42)54(3,4)50(44)34-40)38-25-22-35(23-26-38)36-24-31-52-46(32-36)45-18-10-13-21-51(45)56(52)37-14-6-5-7-15-37/h5-6,8-14,16-34H,7,15H2,1-4H3. The van der Waals surface area contributed by atoms with Crippen molar-refractivity contribution in [3.05, 3.63) is 192 Å². The maximum Gasteiger partial charge on any atom is 0.0538 e. The highest BCUT2D eigenvalue weighted by Gasteiger charge is 2.37. The first-order valence-electron chi connectivity index (χ1n) is 20.1. The van der Waals surface area contributed by atoms with E-state index in [1.165, 1.54) is 94.5 Å². The maximum absolute atomic E-state index is 2.46. The highest BCUT2D eigenvalue weighted by molar-refractivity contribution is 6.11.